The monoisotopic (exact) mass is 466 g/mol. The van der Waals surface area contributed by atoms with Crippen LogP contribution >= 0.6 is 11.8 Å². The van der Waals surface area contributed by atoms with Crippen LogP contribution < -0.4 is 27.0 Å². The van der Waals surface area contributed by atoms with Gasteiger partial charge in [-0.15, -0.1) is 0 Å². The van der Waals surface area contributed by atoms with Gasteiger partial charge in [-0.25, -0.2) is 10.9 Å². The van der Waals surface area contributed by atoms with Gasteiger partial charge in [0.25, 0.3) is 0 Å². The third kappa shape index (κ3) is 11.4. The van der Waals surface area contributed by atoms with E-state index in [1.165, 1.54) is 0 Å². The number of aldehydes is 2. The molecule has 1 aromatic rings. The maximum Gasteiger partial charge on any atom is 0.242 e. The van der Waals surface area contributed by atoms with Gasteiger partial charge in [-0.05, 0) is 42.8 Å². The van der Waals surface area contributed by atoms with E-state index in [2.05, 4.69) is 27.0 Å². The highest BCUT2D eigenvalue weighted by Gasteiger charge is 2.26. The molecule has 3 atom stereocenters. The minimum absolute atomic E-state index is 0.122. The van der Waals surface area contributed by atoms with Gasteiger partial charge in [0.2, 0.25) is 11.8 Å². The first-order valence-corrected chi connectivity index (χ1v) is 12.0. The lowest BCUT2D eigenvalue weighted by Crippen LogP contribution is -2.59. The summed E-state index contributed by atoms with van der Waals surface area (Å²) in [5.74, 6) is -0.0720. The third-order valence-electron chi connectivity index (χ3n) is 4.57. The summed E-state index contributed by atoms with van der Waals surface area (Å²) in [5, 5.41) is 5.12. The van der Waals surface area contributed by atoms with Crippen molar-refractivity contribution in [3.05, 3.63) is 35.9 Å². The molecule has 9 nitrogen and oxygen atoms in total. The largest absolute Gasteiger partial charge is 0.348 e. The summed E-state index contributed by atoms with van der Waals surface area (Å²) < 4.78 is 6.94. The highest BCUT2D eigenvalue weighted by molar-refractivity contribution is 7.98. The van der Waals surface area contributed by atoms with E-state index in [-0.39, 0.29) is 11.8 Å². The number of carbonyl (C=O) groups excluding carboxylic acids is 4. The Labute approximate surface area is 195 Å². The number of benzene rings is 1. The lowest BCUT2D eigenvalue weighted by Gasteiger charge is -2.25. The quantitative estimate of drug-likeness (QED) is 0.164. The molecule has 0 radical (unpaired) electrons. The smallest absolute Gasteiger partial charge is 0.242 e. The second kappa shape index (κ2) is 16.4. The van der Waals surface area contributed by atoms with Crippen molar-refractivity contribution >= 4 is 36.1 Å². The van der Waals surface area contributed by atoms with Crippen LogP contribution in [0.1, 0.15) is 33.6 Å². The number of rotatable bonds is 17. The molecule has 0 saturated carbocycles. The number of carbonyl (C=O) groups is 4. The first kappa shape index (κ1) is 26.0. The SMILES string of the molecule is [2H]C(=O)CNC(=O)[C@H](CC(C)C)NC(=O)C(CCSC)NNN[C@H](C=O)Cc1ccccc1. The zero-order valence-corrected chi connectivity index (χ0v) is 19.7. The zero-order valence-electron chi connectivity index (χ0n) is 19.9. The van der Waals surface area contributed by atoms with Gasteiger partial charge in [0.15, 0.2) is 0 Å². The summed E-state index contributed by atoms with van der Waals surface area (Å²) in [6, 6.07) is 7.54. The molecule has 5 N–H and O–H groups in total. The Morgan fingerprint density at radius 1 is 1.09 bits per heavy atom. The average molecular weight is 467 g/mol. The maximum absolute atomic E-state index is 12.9. The molecule has 0 spiro atoms. The van der Waals surface area contributed by atoms with E-state index >= 15 is 0 Å². The van der Waals surface area contributed by atoms with Crippen LogP contribution in [0.4, 0.5) is 0 Å². The summed E-state index contributed by atoms with van der Waals surface area (Å²) in [5.41, 5.74) is 9.51. The van der Waals surface area contributed by atoms with E-state index in [4.69, 9.17) is 1.37 Å². The van der Waals surface area contributed by atoms with Gasteiger partial charge >= 0.3 is 0 Å². The molecule has 0 fully saturated rings. The molecule has 178 valence electrons. The highest BCUT2D eigenvalue weighted by atomic mass is 32.2. The first-order chi connectivity index (χ1) is 15.8. The number of hydrazine groups is 2. The zero-order chi connectivity index (χ0) is 24.6. The van der Waals surface area contributed by atoms with Gasteiger partial charge in [-0.2, -0.15) is 17.3 Å². The lowest BCUT2D eigenvalue weighted by atomic mass is 10.0. The van der Waals surface area contributed by atoms with Crippen LogP contribution in [0, 0.1) is 5.92 Å². The summed E-state index contributed by atoms with van der Waals surface area (Å²) in [7, 11) is 0. The predicted molar refractivity (Wildman–Crippen MR) is 127 cm³/mol. The molecular formula is C22H35N5O4S. The van der Waals surface area contributed by atoms with Crippen LogP contribution in [0.15, 0.2) is 30.3 Å². The van der Waals surface area contributed by atoms with E-state index in [1.807, 2.05) is 50.4 Å². The van der Waals surface area contributed by atoms with Crippen LogP contribution in [-0.2, 0) is 25.6 Å². The Morgan fingerprint density at radius 2 is 1.81 bits per heavy atom. The van der Waals surface area contributed by atoms with Gasteiger partial charge in [0.1, 0.15) is 26.0 Å². The van der Waals surface area contributed by atoms with Crippen molar-refractivity contribution in [2.45, 2.75) is 51.2 Å². The van der Waals surface area contributed by atoms with Crippen LogP contribution in [0.25, 0.3) is 0 Å². The molecule has 1 unspecified atom stereocenters. The molecule has 0 aromatic heterocycles. The van der Waals surface area contributed by atoms with Gasteiger partial charge in [0.05, 0.1) is 12.6 Å². The number of amides is 2. The minimum atomic E-state index is -0.909. The lowest BCUT2D eigenvalue weighted by molar-refractivity contribution is -0.131. The van der Waals surface area contributed by atoms with Crippen molar-refractivity contribution < 1.29 is 20.5 Å². The minimum Gasteiger partial charge on any atom is -0.348 e. The average Bonchev–Trinajstić information content (AvgIpc) is 2.78. The molecule has 0 aliphatic carbocycles. The van der Waals surface area contributed by atoms with Crippen LogP contribution in [0.2, 0.25) is 0 Å². The number of hydrogen-bond acceptors (Lipinski definition) is 8. The van der Waals surface area contributed by atoms with Crippen molar-refractivity contribution in [1.82, 2.24) is 27.0 Å². The Hall–Kier alpha value is -2.27. The van der Waals surface area contributed by atoms with Crippen LogP contribution in [0.5, 0.6) is 0 Å². The molecule has 2 amide bonds. The van der Waals surface area contributed by atoms with Gasteiger partial charge < -0.3 is 20.2 Å². The van der Waals surface area contributed by atoms with Crippen molar-refractivity contribution in [3.8, 4) is 0 Å². The van der Waals surface area contributed by atoms with Crippen molar-refractivity contribution in [2.75, 3.05) is 18.6 Å². The molecule has 0 heterocycles. The molecule has 32 heavy (non-hydrogen) atoms. The number of thioether (sulfide) groups is 1. The first-order valence-electron chi connectivity index (χ1n) is 11.1. The molecule has 0 aliphatic heterocycles. The Kier molecular flexibility index (Phi) is 13.3. The van der Waals surface area contributed by atoms with Gasteiger partial charge in [-0.3, -0.25) is 9.59 Å². The fourth-order valence-corrected chi connectivity index (χ4v) is 3.42. The van der Waals surface area contributed by atoms with E-state index < -0.39 is 36.8 Å². The standard InChI is InChI=1S/C22H35N5O4S/c1-16(2)13-20(21(30)23-10-11-28)24-22(31)19(9-12-32-3)26-27-25-18(15-29)14-17-7-5-4-6-8-17/h4-8,11,15-16,18-20,25-27H,9-10,12-14H2,1-3H3,(H,23,30)(H,24,31)/t18-,19?,20-/m0/s1/i11D. The Balaban J connectivity index is 2.70. The van der Waals surface area contributed by atoms with Crippen molar-refractivity contribution in [1.29, 1.82) is 0 Å². The predicted octanol–water partition coefficient (Wildman–Crippen LogP) is 0.363. The molecule has 1 rings (SSSR count). The van der Waals surface area contributed by atoms with E-state index in [1.54, 1.807) is 11.8 Å². The second-order valence-electron chi connectivity index (χ2n) is 7.73. The van der Waals surface area contributed by atoms with Gasteiger partial charge in [-0.1, -0.05) is 44.2 Å². The topological polar surface area (TPSA) is 128 Å². The fraction of sp³-hybridized carbons (Fsp3) is 0.545. The third-order valence-corrected chi connectivity index (χ3v) is 5.21. The number of nitrogens with one attached hydrogen (secondary N) is 5. The molecule has 10 heteroatoms. The van der Waals surface area contributed by atoms with E-state index in [0.717, 1.165) is 11.8 Å². The van der Waals surface area contributed by atoms with Crippen LogP contribution in [-0.4, -0.2) is 61.0 Å². The van der Waals surface area contributed by atoms with Crippen molar-refractivity contribution in [3.63, 3.8) is 0 Å². The summed E-state index contributed by atoms with van der Waals surface area (Å²) in [6.07, 6.45) is 3.15. The number of hydrogen-bond donors (Lipinski definition) is 5. The van der Waals surface area contributed by atoms with E-state index in [9.17, 15) is 19.2 Å². The molecule has 1 aromatic carbocycles. The molecule has 0 bridgehead atoms. The molecular weight excluding hydrogens is 430 g/mol. The molecule has 0 aliphatic rings. The normalized spacial score (nSPS) is 14.2. The Bertz CT molecular complexity index is 754. The van der Waals surface area contributed by atoms with Gasteiger partial charge in [0, 0.05) is 0 Å². The molecule has 0 saturated heterocycles. The maximum atomic E-state index is 12.9. The fourth-order valence-electron chi connectivity index (χ4n) is 2.95. The summed E-state index contributed by atoms with van der Waals surface area (Å²) in [6.45, 7) is 3.43. The van der Waals surface area contributed by atoms with Crippen molar-refractivity contribution in [2.24, 2.45) is 5.92 Å². The van der Waals surface area contributed by atoms with E-state index in [0.29, 0.717) is 25.0 Å². The second-order valence-corrected chi connectivity index (χ2v) is 8.72. The summed E-state index contributed by atoms with van der Waals surface area (Å²) in [4.78, 5) is 47.6. The Morgan fingerprint density at radius 3 is 2.41 bits per heavy atom. The summed E-state index contributed by atoms with van der Waals surface area (Å²) >= 11 is 1.58. The van der Waals surface area contributed by atoms with Crippen LogP contribution in [0.3, 0.4) is 0 Å². The highest BCUT2D eigenvalue weighted by Crippen LogP contribution is 2.07.